The molecule has 0 saturated carbocycles. The molecule has 6 heteroatoms. The third-order valence-electron chi connectivity index (χ3n) is 3.25. The first-order valence-corrected chi connectivity index (χ1v) is 6.92. The van der Waals surface area contributed by atoms with Crippen molar-refractivity contribution in [2.75, 3.05) is 7.11 Å². The van der Waals surface area contributed by atoms with E-state index in [1.54, 1.807) is 6.07 Å². The number of carbonyl (C=O) groups excluding carboxylic acids is 2. The number of benzene rings is 2. The first-order valence-electron chi connectivity index (χ1n) is 6.92. The van der Waals surface area contributed by atoms with Crippen molar-refractivity contribution in [3.05, 3.63) is 65.5 Å². The highest BCUT2D eigenvalue weighted by Gasteiger charge is 2.22. The van der Waals surface area contributed by atoms with E-state index in [-0.39, 0.29) is 17.7 Å². The van der Waals surface area contributed by atoms with E-state index in [2.05, 4.69) is 10.1 Å². The molecule has 120 valence electrons. The quantitative estimate of drug-likeness (QED) is 0.828. The molecule has 0 aliphatic rings. The topological polar surface area (TPSA) is 75.6 Å². The minimum absolute atomic E-state index is 0.0332. The summed E-state index contributed by atoms with van der Waals surface area (Å²) in [6.07, 6.45) is 0.105. The van der Waals surface area contributed by atoms with E-state index in [1.807, 2.05) is 0 Å². The minimum Gasteiger partial charge on any atom is -0.508 e. The number of amides is 1. The summed E-state index contributed by atoms with van der Waals surface area (Å²) < 4.78 is 17.9. The summed E-state index contributed by atoms with van der Waals surface area (Å²) in [6.45, 7) is 0. The van der Waals surface area contributed by atoms with Gasteiger partial charge in [-0.05, 0) is 42.0 Å². The normalized spacial score (nSPS) is 11.6. The predicted octanol–water partition coefficient (Wildman–Crippen LogP) is 2.05. The third-order valence-corrected chi connectivity index (χ3v) is 3.25. The molecule has 0 saturated heterocycles. The van der Waals surface area contributed by atoms with E-state index in [0.29, 0.717) is 5.56 Å². The summed E-state index contributed by atoms with van der Waals surface area (Å²) in [5, 5.41) is 11.8. The summed E-state index contributed by atoms with van der Waals surface area (Å²) in [5.74, 6) is -1.50. The fourth-order valence-corrected chi connectivity index (χ4v) is 2.09. The van der Waals surface area contributed by atoms with Crippen LogP contribution in [0.2, 0.25) is 0 Å². The van der Waals surface area contributed by atoms with Crippen molar-refractivity contribution in [1.29, 1.82) is 0 Å². The molecule has 2 N–H and O–H groups in total. The van der Waals surface area contributed by atoms with Crippen LogP contribution in [0.5, 0.6) is 5.75 Å². The van der Waals surface area contributed by atoms with Gasteiger partial charge >= 0.3 is 5.97 Å². The first-order chi connectivity index (χ1) is 11.0. The van der Waals surface area contributed by atoms with Gasteiger partial charge in [0.1, 0.15) is 17.6 Å². The van der Waals surface area contributed by atoms with Crippen LogP contribution in [0.1, 0.15) is 15.9 Å². The molecule has 1 amide bonds. The lowest BCUT2D eigenvalue weighted by Crippen LogP contribution is -2.43. The van der Waals surface area contributed by atoms with Crippen molar-refractivity contribution >= 4 is 11.9 Å². The van der Waals surface area contributed by atoms with E-state index in [0.717, 1.165) is 0 Å². The van der Waals surface area contributed by atoms with Crippen molar-refractivity contribution in [2.24, 2.45) is 0 Å². The lowest BCUT2D eigenvalue weighted by molar-refractivity contribution is -0.142. The van der Waals surface area contributed by atoms with Crippen molar-refractivity contribution in [2.45, 2.75) is 12.5 Å². The molecule has 1 atom stereocenters. The number of esters is 1. The molecule has 0 bridgehead atoms. The maximum atomic E-state index is 13.2. The fraction of sp³-hybridized carbons (Fsp3) is 0.176. The number of carbonyl (C=O) groups is 2. The molecule has 0 spiro atoms. The second-order valence-electron chi connectivity index (χ2n) is 4.93. The smallest absolute Gasteiger partial charge is 0.328 e. The van der Waals surface area contributed by atoms with E-state index >= 15 is 0 Å². The van der Waals surface area contributed by atoms with Crippen LogP contribution in [-0.2, 0) is 16.0 Å². The van der Waals surface area contributed by atoms with Gasteiger partial charge in [-0.2, -0.15) is 0 Å². The number of halogens is 1. The van der Waals surface area contributed by atoms with Gasteiger partial charge in [0.2, 0.25) is 0 Å². The van der Waals surface area contributed by atoms with Crippen LogP contribution in [0, 0.1) is 5.82 Å². The summed E-state index contributed by atoms with van der Waals surface area (Å²) >= 11 is 0. The summed E-state index contributed by atoms with van der Waals surface area (Å²) in [6, 6.07) is 10.4. The molecule has 0 aromatic heterocycles. The summed E-state index contributed by atoms with van der Waals surface area (Å²) in [5.41, 5.74) is 0.849. The molecule has 2 aromatic rings. The van der Waals surface area contributed by atoms with Gasteiger partial charge in [-0.15, -0.1) is 0 Å². The molecule has 2 aromatic carbocycles. The lowest BCUT2D eigenvalue weighted by Gasteiger charge is -2.16. The number of rotatable bonds is 5. The number of phenolic OH excluding ortho intramolecular Hbond substituents is 1. The zero-order valence-electron chi connectivity index (χ0n) is 12.5. The summed E-state index contributed by atoms with van der Waals surface area (Å²) in [7, 11) is 1.22. The number of aromatic hydroxyl groups is 1. The van der Waals surface area contributed by atoms with Crippen LogP contribution in [0.25, 0.3) is 0 Å². The molecule has 23 heavy (non-hydrogen) atoms. The standard InChI is InChI=1S/C17H16FNO4/c1-23-17(22)15(10-11-3-2-4-13(18)9-11)19-16(21)12-5-7-14(20)8-6-12/h2-9,15,20H,10H2,1H3,(H,19,21)/t15-/m0/s1. The Kier molecular flexibility index (Phi) is 5.30. The van der Waals surface area contributed by atoms with Crippen molar-refractivity contribution in [3.8, 4) is 5.75 Å². The van der Waals surface area contributed by atoms with Gasteiger partial charge < -0.3 is 15.2 Å². The second kappa shape index (κ2) is 7.40. The first kappa shape index (κ1) is 16.5. The average molecular weight is 317 g/mol. The number of hydrogen-bond acceptors (Lipinski definition) is 4. The van der Waals surface area contributed by atoms with Crippen LogP contribution in [0.3, 0.4) is 0 Å². The van der Waals surface area contributed by atoms with Gasteiger partial charge in [-0.25, -0.2) is 9.18 Å². The molecule has 0 heterocycles. The highest BCUT2D eigenvalue weighted by atomic mass is 19.1. The SMILES string of the molecule is COC(=O)[C@H](Cc1cccc(F)c1)NC(=O)c1ccc(O)cc1. The molecule has 0 unspecified atom stereocenters. The van der Waals surface area contributed by atoms with Gasteiger partial charge in [0, 0.05) is 12.0 Å². The molecular weight excluding hydrogens is 301 g/mol. The van der Waals surface area contributed by atoms with Crippen molar-refractivity contribution in [3.63, 3.8) is 0 Å². The zero-order valence-corrected chi connectivity index (χ0v) is 12.5. The Morgan fingerprint density at radius 1 is 1.22 bits per heavy atom. The maximum Gasteiger partial charge on any atom is 0.328 e. The molecule has 5 nitrogen and oxygen atoms in total. The monoisotopic (exact) mass is 317 g/mol. The predicted molar refractivity (Wildman–Crippen MR) is 81.5 cm³/mol. The second-order valence-corrected chi connectivity index (χ2v) is 4.93. The van der Waals surface area contributed by atoms with E-state index in [4.69, 9.17) is 0 Å². The molecule has 0 radical (unpaired) electrons. The van der Waals surface area contributed by atoms with Crippen molar-refractivity contribution < 1.29 is 23.8 Å². The molecule has 0 aliphatic carbocycles. The minimum atomic E-state index is -0.942. The van der Waals surface area contributed by atoms with Gasteiger partial charge in [0.15, 0.2) is 0 Å². The number of methoxy groups -OCH3 is 1. The Morgan fingerprint density at radius 3 is 2.52 bits per heavy atom. The van der Waals surface area contributed by atoms with Crippen LogP contribution in [0.4, 0.5) is 4.39 Å². The average Bonchev–Trinajstić information content (AvgIpc) is 2.54. The largest absolute Gasteiger partial charge is 0.508 e. The Bertz CT molecular complexity index is 700. The van der Waals surface area contributed by atoms with Gasteiger partial charge in [-0.1, -0.05) is 12.1 Å². The molecule has 2 rings (SSSR count). The molecule has 0 aliphatic heterocycles. The Morgan fingerprint density at radius 2 is 1.91 bits per heavy atom. The number of nitrogens with one attached hydrogen (secondary N) is 1. The van der Waals surface area contributed by atoms with Crippen LogP contribution < -0.4 is 5.32 Å². The van der Waals surface area contributed by atoms with Crippen LogP contribution >= 0.6 is 0 Å². The number of hydrogen-bond donors (Lipinski definition) is 2. The number of ether oxygens (including phenoxy) is 1. The highest BCUT2D eigenvalue weighted by molar-refractivity contribution is 5.96. The van der Waals surface area contributed by atoms with Crippen LogP contribution in [0.15, 0.2) is 48.5 Å². The maximum absolute atomic E-state index is 13.2. The van der Waals surface area contributed by atoms with E-state index in [1.165, 1.54) is 49.6 Å². The molecule has 0 fully saturated rings. The lowest BCUT2D eigenvalue weighted by atomic mass is 10.1. The Balaban J connectivity index is 2.13. The highest BCUT2D eigenvalue weighted by Crippen LogP contribution is 2.11. The van der Waals surface area contributed by atoms with E-state index < -0.39 is 23.7 Å². The van der Waals surface area contributed by atoms with Gasteiger partial charge in [-0.3, -0.25) is 4.79 Å². The van der Waals surface area contributed by atoms with Gasteiger partial charge in [0.25, 0.3) is 5.91 Å². The summed E-state index contributed by atoms with van der Waals surface area (Å²) in [4.78, 5) is 24.0. The molecular formula is C17H16FNO4. The van der Waals surface area contributed by atoms with Crippen molar-refractivity contribution in [1.82, 2.24) is 5.32 Å². The third kappa shape index (κ3) is 4.54. The zero-order chi connectivity index (χ0) is 16.8. The van der Waals surface area contributed by atoms with E-state index in [9.17, 15) is 19.1 Å². The van der Waals surface area contributed by atoms with Crippen LogP contribution in [-0.4, -0.2) is 30.1 Å². The fourth-order valence-electron chi connectivity index (χ4n) is 2.09. The van der Waals surface area contributed by atoms with Gasteiger partial charge in [0.05, 0.1) is 7.11 Å². The Labute approximate surface area is 132 Å². The Hall–Kier alpha value is -2.89. The number of phenols is 1.